The number of nitrogens with zero attached hydrogens (tertiary/aromatic N) is 1. The SMILES string of the molecule is CC(=O)SC1CC(=O)N(c2ccccc2S(=O)(=O)O)C1. The molecule has 0 aromatic heterocycles. The first-order chi connectivity index (χ1) is 9.29. The molecule has 0 saturated carbocycles. The van der Waals surface area contributed by atoms with Crippen molar-refractivity contribution in [1.82, 2.24) is 0 Å². The van der Waals surface area contributed by atoms with Gasteiger partial charge in [-0.25, -0.2) is 0 Å². The fraction of sp³-hybridized carbons (Fsp3) is 0.333. The van der Waals surface area contributed by atoms with Crippen LogP contribution in [0.1, 0.15) is 13.3 Å². The molecule has 2 rings (SSSR count). The molecule has 1 heterocycles. The molecule has 1 aromatic rings. The summed E-state index contributed by atoms with van der Waals surface area (Å²) in [6.45, 7) is 1.67. The van der Waals surface area contributed by atoms with Crippen molar-refractivity contribution >= 4 is 38.6 Å². The lowest BCUT2D eigenvalue weighted by molar-refractivity contribution is -0.117. The number of carbonyl (C=O) groups excluding carboxylic acids is 2. The first kappa shape index (κ1) is 15.0. The Morgan fingerprint density at radius 1 is 1.40 bits per heavy atom. The highest BCUT2D eigenvalue weighted by atomic mass is 32.2. The minimum absolute atomic E-state index is 0.0901. The van der Waals surface area contributed by atoms with E-state index in [0.29, 0.717) is 0 Å². The van der Waals surface area contributed by atoms with Crippen LogP contribution < -0.4 is 4.90 Å². The van der Waals surface area contributed by atoms with Crippen LogP contribution in [0.15, 0.2) is 29.2 Å². The molecule has 8 heteroatoms. The number of hydrogen-bond acceptors (Lipinski definition) is 5. The summed E-state index contributed by atoms with van der Waals surface area (Å²) in [5.41, 5.74) is 0.145. The van der Waals surface area contributed by atoms with E-state index in [1.807, 2.05) is 0 Å². The van der Waals surface area contributed by atoms with Gasteiger partial charge in [-0.3, -0.25) is 14.1 Å². The van der Waals surface area contributed by atoms with E-state index < -0.39 is 10.1 Å². The maximum Gasteiger partial charge on any atom is 0.296 e. The van der Waals surface area contributed by atoms with Crippen LogP contribution in [0, 0.1) is 0 Å². The molecule has 1 aromatic carbocycles. The van der Waals surface area contributed by atoms with Crippen molar-refractivity contribution < 1.29 is 22.6 Å². The fourth-order valence-electron chi connectivity index (χ4n) is 2.12. The topological polar surface area (TPSA) is 91.8 Å². The average molecular weight is 315 g/mol. The Bertz CT molecular complexity index is 656. The van der Waals surface area contributed by atoms with Gasteiger partial charge in [-0.05, 0) is 12.1 Å². The first-order valence-electron chi connectivity index (χ1n) is 5.83. The molecule has 1 N–H and O–H groups in total. The maximum atomic E-state index is 12.0. The molecule has 0 bridgehead atoms. The van der Waals surface area contributed by atoms with Crippen molar-refractivity contribution in [2.45, 2.75) is 23.5 Å². The Labute approximate surface area is 120 Å². The largest absolute Gasteiger partial charge is 0.310 e. The van der Waals surface area contributed by atoms with Crippen molar-refractivity contribution in [2.24, 2.45) is 0 Å². The van der Waals surface area contributed by atoms with Crippen molar-refractivity contribution in [1.29, 1.82) is 0 Å². The Morgan fingerprint density at radius 2 is 2.05 bits per heavy atom. The predicted octanol–water partition coefficient (Wildman–Crippen LogP) is 1.32. The van der Waals surface area contributed by atoms with Gasteiger partial charge in [0.1, 0.15) is 4.90 Å². The molecule has 1 atom stereocenters. The van der Waals surface area contributed by atoms with Gasteiger partial charge < -0.3 is 4.90 Å². The molecule has 20 heavy (non-hydrogen) atoms. The first-order valence-corrected chi connectivity index (χ1v) is 8.15. The molecule has 0 aliphatic carbocycles. The molecule has 1 aliphatic rings. The zero-order valence-corrected chi connectivity index (χ0v) is 12.3. The standard InChI is InChI=1S/C12H13NO5S2/c1-8(14)19-9-6-12(15)13(7-9)10-4-2-3-5-11(10)20(16,17)18/h2-5,9H,6-7H2,1H3,(H,16,17,18). The normalized spacial score (nSPS) is 19.4. The van der Waals surface area contributed by atoms with Crippen LogP contribution in [0.25, 0.3) is 0 Å². The van der Waals surface area contributed by atoms with Gasteiger partial charge >= 0.3 is 0 Å². The van der Waals surface area contributed by atoms with Gasteiger partial charge in [-0.15, -0.1) is 0 Å². The van der Waals surface area contributed by atoms with Gasteiger partial charge in [0.05, 0.1) is 5.69 Å². The summed E-state index contributed by atoms with van der Waals surface area (Å²) in [6, 6.07) is 5.75. The van der Waals surface area contributed by atoms with Crippen molar-refractivity contribution in [3.63, 3.8) is 0 Å². The van der Waals surface area contributed by atoms with Crippen LogP contribution in [0.3, 0.4) is 0 Å². The third-order valence-electron chi connectivity index (χ3n) is 2.86. The number of benzene rings is 1. The summed E-state index contributed by atoms with van der Waals surface area (Å²) in [5, 5.41) is -0.290. The zero-order valence-electron chi connectivity index (χ0n) is 10.6. The number of anilines is 1. The molecule has 1 amide bonds. The van der Waals surface area contributed by atoms with Crippen molar-refractivity contribution in [3.05, 3.63) is 24.3 Å². The molecule has 6 nitrogen and oxygen atoms in total. The second kappa shape index (κ2) is 5.55. The van der Waals surface area contributed by atoms with Crippen LogP contribution in [-0.2, 0) is 19.7 Å². The number of para-hydroxylation sites is 1. The summed E-state index contributed by atoms with van der Waals surface area (Å²) in [4.78, 5) is 24.0. The number of amides is 1. The van der Waals surface area contributed by atoms with E-state index in [0.717, 1.165) is 11.8 Å². The summed E-state index contributed by atoms with van der Waals surface area (Å²) >= 11 is 1.06. The molecule has 1 unspecified atom stereocenters. The molecular weight excluding hydrogens is 302 g/mol. The number of hydrogen-bond donors (Lipinski definition) is 1. The van der Waals surface area contributed by atoms with E-state index in [-0.39, 0.29) is 39.8 Å². The quantitative estimate of drug-likeness (QED) is 0.846. The third-order valence-corrected chi connectivity index (χ3v) is 4.74. The lowest BCUT2D eigenvalue weighted by atomic mass is 10.3. The molecule has 108 valence electrons. The van der Waals surface area contributed by atoms with Crippen LogP contribution in [0.2, 0.25) is 0 Å². The van der Waals surface area contributed by atoms with Gasteiger partial charge in [-0.2, -0.15) is 8.42 Å². The second-order valence-electron chi connectivity index (χ2n) is 4.38. The number of rotatable bonds is 3. The predicted molar refractivity (Wildman–Crippen MR) is 75.3 cm³/mol. The van der Waals surface area contributed by atoms with Gasteiger partial charge in [0, 0.05) is 25.1 Å². The minimum Gasteiger partial charge on any atom is -0.310 e. The minimum atomic E-state index is -4.40. The van der Waals surface area contributed by atoms with Gasteiger partial charge in [0.25, 0.3) is 10.1 Å². The van der Waals surface area contributed by atoms with E-state index in [1.165, 1.54) is 30.0 Å². The number of carbonyl (C=O) groups is 2. The smallest absolute Gasteiger partial charge is 0.296 e. The highest BCUT2D eigenvalue weighted by molar-refractivity contribution is 8.14. The van der Waals surface area contributed by atoms with Crippen LogP contribution in [0.5, 0.6) is 0 Å². The van der Waals surface area contributed by atoms with Gasteiger partial charge in [0.15, 0.2) is 5.12 Å². The molecular formula is C12H13NO5S2. The van der Waals surface area contributed by atoms with Crippen LogP contribution in [0.4, 0.5) is 5.69 Å². The van der Waals surface area contributed by atoms with Crippen LogP contribution >= 0.6 is 11.8 Å². The Kier molecular flexibility index (Phi) is 4.17. The van der Waals surface area contributed by atoms with Gasteiger partial charge in [-0.1, -0.05) is 23.9 Å². The molecule has 0 radical (unpaired) electrons. The molecule has 1 aliphatic heterocycles. The van der Waals surface area contributed by atoms with E-state index >= 15 is 0 Å². The molecule has 1 fully saturated rings. The van der Waals surface area contributed by atoms with E-state index in [4.69, 9.17) is 0 Å². The van der Waals surface area contributed by atoms with Crippen molar-refractivity contribution in [2.75, 3.05) is 11.4 Å². The summed E-state index contributed by atoms with van der Waals surface area (Å²) in [6.07, 6.45) is 0.171. The summed E-state index contributed by atoms with van der Waals surface area (Å²) in [5.74, 6) is -0.264. The Morgan fingerprint density at radius 3 is 2.65 bits per heavy atom. The lowest BCUT2D eigenvalue weighted by Gasteiger charge is -2.18. The fourth-order valence-corrected chi connectivity index (χ4v) is 3.73. The van der Waals surface area contributed by atoms with E-state index in [9.17, 15) is 22.6 Å². The number of thioether (sulfide) groups is 1. The zero-order chi connectivity index (χ0) is 14.9. The van der Waals surface area contributed by atoms with E-state index in [2.05, 4.69) is 0 Å². The maximum absolute atomic E-state index is 12.0. The second-order valence-corrected chi connectivity index (χ2v) is 7.25. The Hall–Kier alpha value is -1.38. The lowest BCUT2D eigenvalue weighted by Crippen LogP contribution is -2.26. The Balaban J connectivity index is 2.34. The summed E-state index contributed by atoms with van der Waals surface area (Å²) in [7, 11) is -4.40. The highest BCUT2D eigenvalue weighted by Gasteiger charge is 2.34. The average Bonchev–Trinajstić information content (AvgIpc) is 2.68. The monoisotopic (exact) mass is 315 g/mol. The molecule has 1 saturated heterocycles. The van der Waals surface area contributed by atoms with Crippen LogP contribution in [-0.4, -0.2) is 35.8 Å². The highest BCUT2D eigenvalue weighted by Crippen LogP contribution is 2.32. The summed E-state index contributed by atoms with van der Waals surface area (Å²) < 4.78 is 31.9. The third kappa shape index (κ3) is 3.20. The van der Waals surface area contributed by atoms with Gasteiger partial charge in [0.2, 0.25) is 5.91 Å². The molecule has 0 spiro atoms. The van der Waals surface area contributed by atoms with Crippen molar-refractivity contribution in [3.8, 4) is 0 Å². The van der Waals surface area contributed by atoms with E-state index in [1.54, 1.807) is 6.07 Å².